The Morgan fingerprint density at radius 2 is 1.72 bits per heavy atom. The molecule has 0 spiro atoms. The highest BCUT2D eigenvalue weighted by molar-refractivity contribution is 5.89. The topological polar surface area (TPSA) is 83.3 Å². The van der Waals surface area contributed by atoms with Gasteiger partial charge in [-0.2, -0.15) is 5.10 Å². The van der Waals surface area contributed by atoms with Crippen molar-refractivity contribution in [2.75, 3.05) is 26.6 Å². The molecule has 0 aliphatic carbocycles. The number of aryl methyl sites for hydroxylation is 2. The molecule has 8 heteroatoms. The molecule has 0 fully saturated rings. The summed E-state index contributed by atoms with van der Waals surface area (Å²) in [5, 5.41) is 8.22. The maximum absolute atomic E-state index is 5.46. The number of nitrogens with one attached hydrogen (secondary N) is 1. The van der Waals surface area contributed by atoms with Crippen molar-refractivity contribution in [3.05, 3.63) is 29.2 Å². The number of anilines is 1. The van der Waals surface area contributed by atoms with Gasteiger partial charge in [0, 0.05) is 13.1 Å². The number of fused-ring (bicyclic) bond motifs is 1. The SMILES string of the molecule is CCCc1nn(C)c2c(NC(C)CC)nc(/C=C/c3cc(OC)c(OC)c(OC)c3)nc12. The molecule has 2 aromatic heterocycles. The van der Waals surface area contributed by atoms with Gasteiger partial charge in [0.2, 0.25) is 5.75 Å². The Balaban J connectivity index is 2.08. The zero-order valence-electron chi connectivity index (χ0n) is 20.0. The highest BCUT2D eigenvalue weighted by Crippen LogP contribution is 2.38. The molecule has 1 unspecified atom stereocenters. The van der Waals surface area contributed by atoms with E-state index in [2.05, 4.69) is 26.1 Å². The van der Waals surface area contributed by atoms with Crippen molar-refractivity contribution < 1.29 is 14.2 Å². The summed E-state index contributed by atoms with van der Waals surface area (Å²) < 4.78 is 18.2. The lowest BCUT2D eigenvalue weighted by Crippen LogP contribution is -2.16. The van der Waals surface area contributed by atoms with Crippen molar-refractivity contribution in [2.24, 2.45) is 7.05 Å². The van der Waals surface area contributed by atoms with E-state index in [0.29, 0.717) is 23.1 Å². The van der Waals surface area contributed by atoms with Crippen molar-refractivity contribution >= 4 is 29.0 Å². The molecule has 3 aromatic rings. The number of methoxy groups -OCH3 is 3. The van der Waals surface area contributed by atoms with E-state index in [1.807, 2.05) is 36.0 Å². The van der Waals surface area contributed by atoms with Crippen LogP contribution in [0.3, 0.4) is 0 Å². The highest BCUT2D eigenvalue weighted by Gasteiger charge is 2.17. The van der Waals surface area contributed by atoms with Crippen molar-refractivity contribution in [1.82, 2.24) is 19.7 Å². The summed E-state index contributed by atoms with van der Waals surface area (Å²) in [5.74, 6) is 3.16. The summed E-state index contributed by atoms with van der Waals surface area (Å²) in [6, 6.07) is 4.06. The second kappa shape index (κ2) is 10.3. The number of rotatable bonds is 10. The van der Waals surface area contributed by atoms with Gasteiger partial charge in [0.15, 0.2) is 23.1 Å². The van der Waals surface area contributed by atoms with Gasteiger partial charge < -0.3 is 19.5 Å². The molecular weight excluding hydrogens is 406 g/mol. The van der Waals surface area contributed by atoms with Crippen LogP contribution in [0.1, 0.15) is 50.7 Å². The maximum atomic E-state index is 5.46. The lowest BCUT2D eigenvalue weighted by atomic mass is 10.1. The normalized spacial score (nSPS) is 12.3. The summed E-state index contributed by atoms with van der Waals surface area (Å²) >= 11 is 0. The monoisotopic (exact) mass is 439 g/mol. The number of hydrogen-bond acceptors (Lipinski definition) is 7. The molecule has 1 aromatic carbocycles. The first-order valence-electron chi connectivity index (χ1n) is 10.9. The predicted octanol–water partition coefficient (Wildman–Crippen LogP) is 4.72. The average molecular weight is 440 g/mol. The van der Waals surface area contributed by atoms with Crippen LogP contribution in [0.4, 0.5) is 5.82 Å². The van der Waals surface area contributed by atoms with Gasteiger partial charge in [-0.05, 0) is 43.5 Å². The van der Waals surface area contributed by atoms with Crippen LogP contribution in [0.15, 0.2) is 12.1 Å². The minimum atomic E-state index is 0.282. The summed E-state index contributed by atoms with van der Waals surface area (Å²) in [4.78, 5) is 9.63. The van der Waals surface area contributed by atoms with Crippen LogP contribution in [-0.4, -0.2) is 47.1 Å². The van der Waals surface area contributed by atoms with Gasteiger partial charge in [-0.25, -0.2) is 9.97 Å². The first-order chi connectivity index (χ1) is 15.4. The molecule has 1 atom stereocenters. The van der Waals surface area contributed by atoms with Crippen molar-refractivity contribution in [3.63, 3.8) is 0 Å². The molecule has 0 aliphatic heterocycles. The molecule has 2 heterocycles. The largest absolute Gasteiger partial charge is 0.493 e. The zero-order chi connectivity index (χ0) is 23.3. The quantitative estimate of drug-likeness (QED) is 0.489. The smallest absolute Gasteiger partial charge is 0.203 e. The van der Waals surface area contributed by atoms with Gasteiger partial charge in [0.05, 0.1) is 27.0 Å². The number of benzene rings is 1. The molecule has 0 saturated carbocycles. The van der Waals surface area contributed by atoms with Crippen LogP contribution in [0, 0.1) is 0 Å². The Kier molecular flexibility index (Phi) is 7.56. The molecule has 172 valence electrons. The van der Waals surface area contributed by atoms with Crippen LogP contribution in [0.25, 0.3) is 23.2 Å². The standard InChI is InChI=1S/C24H33N5O3/c1-8-10-17-21-22(29(4)28-17)24(25-15(3)9-2)27-20(26-21)12-11-16-13-18(30-5)23(32-7)19(14-16)31-6/h11-15H,8-10H2,1-7H3,(H,25,26,27)/b12-11+. The Bertz CT molecular complexity index is 1080. The fraction of sp³-hybridized carbons (Fsp3) is 0.458. The van der Waals surface area contributed by atoms with Crippen LogP contribution in [-0.2, 0) is 13.5 Å². The Hall–Kier alpha value is -3.29. The first-order valence-corrected chi connectivity index (χ1v) is 10.9. The number of ether oxygens (including phenoxy) is 3. The molecule has 0 bridgehead atoms. The van der Waals surface area contributed by atoms with Crippen LogP contribution >= 0.6 is 0 Å². The van der Waals surface area contributed by atoms with Gasteiger partial charge in [0.1, 0.15) is 11.0 Å². The van der Waals surface area contributed by atoms with Gasteiger partial charge in [0.25, 0.3) is 0 Å². The third kappa shape index (κ3) is 4.79. The van der Waals surface area contributed by atoms with Crippen molar-refractivity contribution in [3.8, 4) is 17.2 Å². The van der Waals surface area contributed by atoms with Gasteiger partial charge in [-0.15, -0.1) is 0 Å². The van der Waals surface area contributed by atoms with E-state index in [-0.39, 0.29) is 6.04 Å². The summed E-state index contributed by atoms with van der Waals surface area (Å²) in [6.07, 6.45) is 6.69. The minimum absolute atomic E-state index is 0.282. The van der Waals surface area contributed by atoms with Gasteiger partial charge in [-0.1, -0.05) is 26.3 Å². The zero-order valence-corrected chi connectivity index (χ0v) is 20.0. The van der Waals surface area contributed by atoms with E-state index in [4.69, 9.17) is 29.3 Å². The third-order valence-electron chi connectivity index (χ3n) is 5.36. The minimum Gasteiger partial charge on any atom is -0.493 e. The van der Waals surface area contributed by atoms with E-state index < -0.39 is 0 Å². The van der Waals surface area contributed by atoms with Crippen LogP contribution in [0.2, 0.25) is 0 Å². The summed E-state index contributed by atoms with van der Waals surface area (Å²) in [7, 11) is 6.74. The fourth-order valence-corrected chi connectivity index (χ4v) is 3.54. The first kappa shape index (κ1) is 23.4. The van der Waals surface area contributed by atoms with E-state index in [9.17, 15) is 0 Å². The maximum Gasteiger partial charge on any atom is 0.203 e. The second-order valence-corrected chi connectivity index (χ2v) is 7.69. The van der Waals surface area contributed by atoms with Gasteiger partial charge >= 0.3 is 0 Å². The number of aromatic nitrogens is 4. The molecule has 0 saturated heterocycles. The highest BCUT2D eigenvalue weighted by atomic mass is 16.5. The molecule has 0 amide bonds. The third-order valence-corrected chi connectivity index (χ3v) is 5.36. The van der Waals surface area contributed by atoms with E-state index in [1.54, 1.807) is 21.3 Å². The summed E-state index contributed by atoms with van der Waals surface area (Å²) in [6.45, 7) is 6.43. The van der Waals surface area contributed by atoms with Crippen LogP contribution < -0.4 is 19.5 Å². The van der Waals surface area contributed by atoms with E-state index in [0.717, 1.165) is 47.4 Å². The lowest BCUT2D eigenvalue weighted by molar-refractivity contribution is 0.324. The van der Waals surface area contributed by atoms with Crippen molar-refractivity contribution in [1.29, 1.82) is 0 Å². The number of nitrogens with zero attached hydrogens (tertiary/aromatic N) is 4. The second-order valence-electron chi connectivity index (χ2n) is 7.69. The van der Waals surface area contributed by atoms with Gasteiger partial charge in [-0.3, -0.25) is 4.68 Å². The molecule has 32 heavy (non-hydrogen) atoms. The van der Waals surface area contributed by atoms with Crippen molar-refractivity contribution in [2.45, 2.75) is 46.1 Å². The Morgan fingerprint density at radius 3 is 2.28 bits per heavy atom. The van der Waals surface area contributed by atoms with Crippen LogP contribution in [0.5, 0.6) is 17.2 Å². The Morgan fingerprint density at radius 1 is 1.03 bits per heavy atom. The molecule has 1 N–H and O–H groups in total. The molecule has 0 radical (unpaired) electrons. The Labute approximate surface area is 189 Å². The summed E-state index contributed by atoms with van der Waals surface area (Å²) in [5.41, 5.74) is 3.69. The molecular formula is C24H33N5O3. The molecule has 3 rings (SSSR count). The number of hydrogen-bond donors (Lipinski definition) is 1. The lowest BCUT2D eigenvalue weighted by Gasteiger charge is -2.14. The van der Waals surface area contributed by atoms with E-state index in [1.165, 1.54) is 0 Å². The average Bonchev–Trinajstić information content (AvgIpc) is 3.12. The van der Waals surface area contributed by atoms with E-state index >= 15 is 0 Å². The molecule has 8 nitrogen and oxygen atoms in total. The predicted molar refractivity (Wildman–Crippen MR) is 129 cm³/mol. The molecule has 0 aliphatic rings. The fourth-order valence-electron chi connectivity index (χ4n) is 3.54.